The van der Waals surface area contributed by atoms with Crippen molar-refractivity contribution in [2.75, 3.05) is 20.3 Å². The zero-order chi connectivity index (χ0) is 17.9. The third-order valence-corrected chi connectivity index (χ3v) is 3.72. The Labute approximate surface area is 143 Å². The van der Waals surface area contributed by atoms with Crippen LogP contribution in [0, 0.1) is 6.92 Å². The van der Waals surface area contributed by atoms with Crippen LogP contribution in [0.1, 0.15) is 60.2 Å². The Hall–Kier alpha value is -2.08. The van der Waals surface area contributed by atoms with Crippen LogP contribution in [0.5, 0.6) is 0 Å². The SMILES string of the molecule is CCCCCCOC(=O)NCC(O)c1cccc(C)c1C(=O)OC. The number of methoxy groups -OCH3 is 1. The van der Waals surface area contributed by atoms with Crippen LogP contribution < -0.4 is 5.32 Å². The molecule has 0 radical (unpaired) electrons. The summed E-state index contributed by atoms with van der Waals surface area (Å²) in [4.78, 5) is 23.5. The van der Waals surface area contributed by atoms with Crippen LogP contribution in [0.4, 0.5) is 4.79 Å². The molecule has 1 aromatic carbocycles. The van der Waals surface area contributed by atoms with E-state index in [-0.39, 0.29) is 6.54 Å². The Kier molecular flexibility index (Phi) is 8.86. The van der Waals surface area contributed by atoms with Crippen molar-refractivity contribution < 1.29 is 24.2 Å². The number of hydrogen-bond donors (Lipinski definition) is 2. The molecule has 0 fully saturated rings. The second-order valence-corrected chi connectivity index (χ2v) is 5.62. The Balaban J connectivity index is 2.54. The predicted molar refractivity (Wildman–Crippen MR) is 91.0 cm³/mol. The Bertz CT molecular complexity index is 544. The van der Waals surface area contributed by atoms with Gasteiger partial charge in [0.1, 0.15) is 0 Å². The second kappa shape index (κ2) is 10.6. The Morgan fingerprint density at radius 1 is 1.25 bits per heavy atom. The smallest absolute Gasteiger partial charge is 0.407 e. The molecule has 0 saturated heterocycles. The lowest BCUT2D eigenvalue weighted by Crippen LogP contribution is -2.30. The molecule has 6 heteroatoms. The topological polar surface area (TPSA) is 84.9 Å². The fourth-order valence-corrected chi connectivity index (χ4v) is 2.38. The first kappa shape index (κ1) is 20.0. The maximum absolute atomic E-state index is 11.9. The number of ether oxygens (including phenoxy) is 2. The van der Waals surface area contributed by atoms with Crippen LogP contribution in [0.3, 0.4) is 0 Å². The van der Waals surface area contributed by atoms with Crippen molar-refractivity contribution in [1.29, 1.82) is 0 Å². The number of aliphatic hydroxyl groups excluding tert-OH is 1. The third kappa shape index (κ3) is 6.20. The summed E-state index contributed by atoms with van der Waals surface area (Å²) in [5.41, 5.74) is 1.45. The van der Waals surface area contributed by atoms with Gasteiger partial charge in [-0.2, -0.15) is 0 Å². The highest BCUT2D eigenvalue weighted by atomic mass is 16.5. The molecule has 24 heavy (non-hydrogen) atoms. The summed E-state index contributed by atoms with van der Waals surface area (Å²) in [6, 6.07) is 5.15. The predicted octanol–water partition coefficient (Wildman–Crippen LogP) is 3.12. The van der Waals surface area contributed by atoms with E-state index in [2.05, 4.69) is 12.2 Å². The van der Waals surface area contributed by atoms with E-state index in [1.165, 1.54) is 7.11 Å². The third-order valence-electron chi connectivity index (χ3n) is 3.72. The van der Waals surface area contributed by atoms with Gasteiger partial charge >= 0.3 is 12.1 Å². The molecule has 0 aliphatic rings. The molecule has 134 valence electrons. The number of alkyl carbamates (subject to hydrolysis) is 1. The summed E-state index contributed by atoms with van der Waals surface area (Å²) in [6.45, 7) is 4.20. The van der Waals surface area contributed by atoms with Gasteiger partial charge in [0, 0.05) is 0 Å². The van der Waals surface area contributed by atoms with Crippen LogP contribution >= 0.6 is 0 Å². The van der Waals surface area contributed by atoms with E-state index in [1.54, 1.807) is 25.1 Å². The highest BCUT2D eigenvalue weighted by molar-refractivity contribution is 5.92. The highest BCUT2D eigenvalue weighted by Gasteiger charge is 2.20. The lowest BCUT2D eigenvalue weighted by atomic mass is 9.98. The molecule has 1 amide bonds. The summed E-state index contributed by atoms with van der Waals surface area (Å²) < 4.78 is 9.80. The van der Waals surface area contributed by atoms with Crippen molar-refractivity contribution in [3.8, 4) is 0 Å². The molecule has 0 bridgehead atoms. The highest BCUT2D eigenvalue weighted by Crippen LogP contribution is 2.22. The van der Waals surface area contributed by atoms with Gasteiger partial charge in [-0.3, -0.25) is 0 Å². The maximum Gasteiger partial charge on any atom is 0.407 e. The van der Waals surface area contributed by atoms with Crippen molar-refractivity contribution in [3.05, 3.63) is 34.9 Å². The Morgan fingerprint density at radius 2 is 2.00 bits per heavy atom. The van der Waals surface area contributed by atoms with Crippen molar-refractivity contribution in [1.82, 2.24) is 5.32 Å². The molecule has 2 N–H and O–H groups in total. The molecule has 1 unspecified atom stereocenters. The van der Waals surface area contributed by atoms with Crippen LogP contribution in [0.15, 0.2) is 18.2 Å². The molecule has 0 spiro atoms. The number of benzene rings is 1. The minimum Gasteiger partial charge on any atom is -0.465 e. The molecule has 0 aromatic heterocycles. The summed E-state index contributed by atoms with van der Waals surface area (Å²) in [5.74, 6) is -0.513. The van der Waals surface area contributed by atoms with E-state index < -0.39 is 18.2 Å². The van der Waals surface area contributed by atoms with Gasteiger partial charge in [0.05, 0.1) is 31.9 Å². The Morgan fingerprint density at radius 3 is 2.67 bits per heavy atom. The quantitative estimate of drug-likeness (QED) is 0.534. The molecule has 6 nitrogen and oxygen atoms in total. The number of unbranched alkanes of at least 4 members (excludes halogenated alkanes) is 3. The molecule has 0 aliphatic heterocycles. The number of aryl methyl sites for hydroxylation is 1. The number of carbonyl (C=O) groups excluding carboxylic acids is 2. The van der Waals surface area contributed by atoms with Crippen LogP contribution in [0.25, 0.3) is 0 Å². The average molecular weight is 337 g/mol. The normalized spacial score (nSPS) is 11.7. The van der Waals surface area contributed by atoms with Crippen LogP contribution in [-0.2, 0) is 9.47 Å². The summed E-state index contributed by atoms with van der Waals surface area (Å²) in [7, 11) is 1.29. The molecule has 1 aromatic rings. The zero-order valence-corrected chi connectivity index (χ0v) is 14.6. The fraction of sp³-hybridized carbons (Fsp3) is 0.556. The van der Waals surface area contributed by atoms with E-state index in [1.807, 2.05) is 0 Å². The van der Waals surface area contributed by atoms with Gasteiger partial charge in [-0.05, 0) is 24.5 Å². The first-order valence-electron chi connectivity index (χ1n) is 8.27. The standard InChI is InChI=1S/C18H27NO5/c1-4-5-6-7-11-24-18(22)19-12-15(20)14-10-8-9-13(2)16(14)17(21)23-3/h8-10,15,20H,4-7,11-12H2,1-3H3,(H,19,22). The summed E-state index contributed by atoms with van der Waals surface area (Å²) >= 11 is 0. The van der Waals surface area contributed by atoms with Crippen molar-refractivity contribution in [3.63, 3.8) is 0 Å². The van der Waals surface area contributed by atoms with E-state index in [0.29, 0.717) is 23.3 Å². The largest absolute Gasteiger partial charge is 0.465 e. The monoisotopic (exact) mass is 337 g/mol. The van der Waals surface area contributed by atoms with Crippen molar-refractivity contribution in [2.45, 2.75) is 45.6 Å². The van der Waals surface area contributed by atoms with E-state index >= 15 is 0 Å². The number of nitrogens with one attached hydrogen (secondary N) is 1. The second-order valence-electron chi connectivity index (χ2n) is 5.62. The van der Waals surface area contributed by atoms with Gasteiger partial charge < -0.3 is 19.9 Å². The lowest BCUT2D eigenvalue weighted by Gasteiger charge is -2.16. The van der Waals surface area contributed by atoms with E-state index in [9.17, 15) is 14.7 Å². The molecule has 0 aliphatic carbocycles. The van der Waals surface area contributed by atoms with E-state index in [4.69, 9.17) is 9.47 Å². The maximum atomic E-state index is 11.9. The minimum absolute atomic E-state index is 0.0404. The zero-order valence-electron chi connectivity index (χ0n) is 14.6. The van der Waals surface area contributed by atoms with E-state index in [0.717, 1.165) is 25.7 Å². The minimum atomic E-state index is -1.02. The number of hydrogen-bond acceptors (Lipinski definition) is 5. The van der Waals surface area contributed by atoms with Gasteiger partial charge in [0.2, 0.25) is 0 Å². The van der Waals surface area contributed by atoms with Gasteiger partial charge in [0.15, 0.2) is 0 Å². The van der Waals surface area contributed by atoms with Crippen LogP contribution in [0.2, 0.25) is 0 Å². The average Bonchev–Trinajstić information content (AvgIpc) is 2.58. The van der Waals surface area contributed by atoms with Gasteiger partial charge in [-0.1, -0.05) is 44.4 Å². The molecule has 0 heterocycles. The first-order chi connectivity index (χ1) is 11.5. The molecular weight excluding hydrogens is 310 g/mol. The number of rotatable bonds is 9. The fourth-order valence-electron chi connectivity index (χ4n) is 2.38. The van der Waals surface area contributed by atoms with Crippen LogP contribution in [-0.4, -0.2) is 37.4 Å². The molecule has 1 rings (SSSR count). The molecule has 0 saturated carbocycles. The molecule has 1 atom stereocenters. The van der Waals surface area contributed by atoms with Gasteiger partial charge in [-0.15, -0.1) is 0 Å². The lowest BCUT2D eigenvalue weighted by molar-refractivity contribution is 0.0592. The number of esters is 1. The number of aliphatic hydroxyl groups is 1. The van der Waals surface area contributed by atoms with Gasteiger partial charge in [-0.25, -0.2) is 9.59 Å². The number of amides is 1. The summed E-state index contributed by atoms with van der Waals surface area (Å²) in [6.07, 6.45) is 2.50. The van der Waals surface area contributed by atoms with Crippen molar-refractivity contribution >= 4 is 12.1 Å². The van der Waals surface area contributed by atoms with Gasteiger partial charge in [0.25, 0.3) is 0 Å². The first-order valence-corrected chi connectivity index (χ1v) is 8.27. The summed E-state index contributed by atoms with van der Waals surface area (Å²) in [5, 5.41) is 12.8. The van der Waals surface area contributed by atoms with Crippen molar-refractivity contribution in [2.24, 2.45) is 0 Å². The molecular formula is C18H27NO5. The number of carbonyl (C=O) groups is 2.